The molecule has 1 fully saturated rings. The third kappa shape index (κ3) is 6.29. The van der Waals surface area contributed by atoms with Crippen LogP contribution in [0.3, 0.4) is 0 Å². The molecule has 1 aliphatic heterocycles. The zero-order valence-electron chi connectivity index (χ0n) is 19.5. The lowest BCUT2D eigenvalue weighted by Gasteiger charge is -2.13. The maximum atomic E-state index is 13.1. The molecule has 0 spiro atoms. The van der Waals surface area contributed by atoms with E-state index in [2.05, 4.69) is 16.6 Å². The zero-order chi connectivity index (χ0) is 25.5. The highest BCUT2D eigenvalue weighted by Gasteiger charge is 2.32. The van der Waals surface area contributed by atoms with Gasteiger partial charge in [0.25, 0.3) is 5.91 Å². The molecular formula is C27H23Cl2N3O3S. The van der Waals surface area contributed by atoms with Crippen molar-refractivity contribution in [1.82, 2.24) is 9.88 Å². The lowest BCUT2D eigenvalue weighted by Crippen LogP contribution is -2.29. The molecule has 1 amide bonds. The van der Waals surface area contributed by atoms with Crippen LogP contribution in [0, 0.1) is 0 Å². The molecule has 4 rings (SSSR count). The Balaban J connectivity index is 1.58. The fourth-order valence-corrected chi connectivity index (χ4v) is 4.63. The van der Waals surface area contributed by atoms with E-state index in [1.54, 1.807) is 29.3 Å². The van der Waals surface area contributed by atoms with E-state index in [1.165, 1.54) is 11.8 Å². The number of carbonyl (C=O) groups is 1. The van der Waals surface area contributed by atoms with E-state index in [0.29, 0.717) is 52.0 Å². The van der Waals surface area contributed by atoms with Gasteiger partial charge < -0.3 is 9.47 Å². The Morgan fingerprint density at radius 3 is 2.64 bits per heavy atom. The second-order valence-electron chi connectivity index (χ2n) is 7.58. The fraction of sp³-hybridized carbons (Fsp3) is 0.148. The Hall–Kier alpha value is -3.26. The van der Waals surface area contributed by atoms with Crippen LogP contribution in [0.25, 0.3) is 6.08 Å². The minimum Gasteiger partial charge on any atom is -0.490 e. The molecule has 1 aromatic heterocycles. The van der Waals surface area contributed by atoms with Crippen LogP contribution in [0.1, 0.15) is 18.1 Å². The summed E-state index contributed by atoms with van der Waals surface area (Å²) >= 11 is 13.4. The molecule has 6 nitrogen and oxygen atoms in total. The average Bonchev–Trinajstić information content (AvgIpc) is 3.15. The topological polar surface area (TPSA) is 64.0 Å². The first-order valence-electron chi connectivity index (χ1n) is 11.1. The van der Waals surface area contributed by atoms with Crippen molar-refractivity contribution in [2.45, 2.75) is 13.5 Å². The molecule has 36 heavy (non-hydrogen) atoms. The SMILES string of the molecule is C=CCN1C(=O)/C(=C/c2ccc(OCc3ccc(Cl)cc3)c(OCC)c2)SC1=Nc1cccnc1Cl. The molecule has 0 N–H and O–H groups in total. The van der Waals surface area contributed by atoms with Gasteiger partial charge in [-0.3, -0.25) is 9.69 Å². The average molecular weight is 540 g/mol. The van der Waals surface area contributed by atoms with Crippen LogP contribution in [-0.4, -0.2) is 34.1 Å². The number of hydrogen-bond donors (Lipinski definition) is 0. The van der Waals surface area contributed by atoms with Gasteiger partial charge in [-0.05, 0) is 72.3 Å². The summed E-state index contributed by atoms with van der Waals surface area (Å²) in [6.45, 7) is 6.83. The van der Waals surface area contributed by atoms with Crippen LogP contribution in [0.4, 0.5) is 5.69 Å². The Bertz CT molecular complexity index is 1330. The number of amidine groups is 1. The molecule has 9 heteroatoms. The van der Waals surface area contributed by atoms with Gasteiger partial charge in [0, 0.05) is 17.8 Å². The number of aromatic nitrogens is 1. The largest absolute Gasteiger partial charge is 0.490 e. The van der Waals surface area contributed by atoms with Crippen molar-refractivity contribution in [2.75, 3.05) is 13.2 Å². The number of benzene rings is 2. The smallest absolute Gasteiger partial charge is 0.267 e. The Morgan fingerprint density at radius 2 is 1.92 bits per heavy atom. The third-order valence-corrected chi connectivity index (χ3v) is 6.58. The van der Waals surface area contributed by atoms with Gasteiger partial charge in [0.2, 0.25) is 0 Å². The molecule has 1 aliphatic rings. The summed E-state index contributed by atoms with van der Waals surface area (Å²) in [5.41, 5.74) is 2.28. The van der Waals surface area contributed by atoms with Crippen LogP contribution in [-0.2, 0) is 11.4 Å². The Kier molecular flexibility index (Phi) is 8.70. The second kappa shape index (κ2) is 12.1. The Labute approximate surface area is 224 Å². The van der Waals surface area contributed by atoms with Crippen molar-refractivity contribution in [3.63, 3.8) is 0 Å². The van der Waals surface area contributed by atoms with Crippen LogP contribution in [0.15, 0.2) is 83.3 Å². The monoisotopic (exact) mass is 539 g/mol. The van der Waals surface area contributed by atoms with Gasteiger partial charge in [-0.2, -0.15) is 0 Å². The number of rotatable bonds is 9. The van der Waals surface area contributed by atoms with E-state index in [-0.39, 0.29) is 11.1 Å². The molecule has 0 aliphatic carbocycles. The summed E-state index contributed by atoms with van der Waals surface area (Å²) in [5, 5.41) is 1.45. The standard InChI is InChI=1S/C27H23Cl2N3O3S/c1-3-14-32-26(33)24(36-27(32)31-21-6-5-13-30-25(21)29)16-19-9-12-22(23(15-19)34-4-2)35-17-18-7-10-20(28)11-8-18/h3,5-13,15-16H,1,4,14,17H2,2H3/b24-16-,31-27?. The predicted octanol–water partition coefficient (Wildman–Crippen LogP) is 7.16. The van der Waals surface area contributed by atoms with Gasteiger partial charge in [-0.25, -0.2) is 9.98 Å². The minimum atomic E-state index is -0.167. The van der Waals surface area contributed by atoms with Gasteiger partial charge >= 0.3 is 0 Å². The van der Waals surface area contributed by atoms with Gasteiger partial charge in [-0.1, -0.05) is 47.5 Å². The molecule has 3 aromatic rings. The summed E-state index contributed by atoms with van der Waals surface area (Å²) in [7, 11) is 0. The maximum Gasteiger partial charge on any atom is 0.267 e. The number of nitrogens with zero attached hydrogens (tertiary/aromatic N) is 3. The van der Waals surface area contributed by atoms with Crippen molar-refractivity contribution in [1.29, 1.82) is 0 Å². The molecule has 0 bridgehead atoms. The number of thioether (sulfide) groups is 1. The first-order valence-corrected chi connectivity index (χ1v) is 12.7. The number of hydrogen-bond acceptors (Lipinski definition) is 6. The summed E-state index contributed by atoms with van der Waals surface area (Å²) in [5.74, 6) is 1.04. The van der Waals surface area contributed by atoms with Gasteiger partial charge in [0.1, 0.15) is 12.3 Å². The van der Waals surface area contributed by atoms with Crippen LogP contribution in [0.2, 0.25) is 10.2 Å². The van der Waals surface area contributed by atoms with E-state index in [4.69, 9.17) is 32.7 Å². The van der Waals surface area contributed by atoms with Gasteiger partial charge in [-0.15, -0.1) is 6.58 Å². The fourth-order valence-electron chi connectivity index (χ4n) is 3.34. The quantitative estimate of drug-likeness (QED) is 0.164. The zero-order valence-corrected chi connectivity index (χ0v) is 21.8. The summed E-state index contributed by atoms with van der Waals surface area (Å²) in [6.07, 6.45) is 5.05. The summed E-state index contributed by atoms with van der Waals surface area (Å²) in [4.78, 5) is 23.8. The van der Waals surface area contributed by atoms with Crippen molar-refractivity contribution in [2.24, 2.45) is 4.99 Å². The second-order valence-corrected chi connectivity index (χ2v) is 9.38. The molecule has 2 aromatic carbocycles. The van der Waals surface area contributed by atoms with Crippen LogP contribution < -0.4 is 9.47 Å². The molecular weight excluding hydrogens is 517 g/mol. The van der Waals surface area contributed by atoms with Crippen molar-refractivity contribution in [3.05, 3.63) is 99.7 Å². The number of amides is 1. The summed E-state index contributed by atoms with van der Waals surface area (Å²) in [6, 6.07) is 16.5. The summed E-state index contributed by atoms with van der Waals surface area (Å²) < 4.78 is 11.8. The van der Waals surface area contributed by atoms with Crippen LogP contribution >= 0.6 is 35.0 Å². The van der Waals surface area contributed by atoms with Crippen LogP contribution in [0.5, 0.6) is 11.5 Å². The highest BCUT2D eigenvalue weighted by Crippen LogP contribution is 2.37. The predicted molar refractivity (Wildman–Crippen MR) is 147 cm³/mol. The number of carbonyl (C=O) groups excluding carboxylic acids is 1. The number of aliphatic imine (C=N–C) groups is 1. The van der Waals surface area contributed by atoms with Gasteiger partial charge in [0.15, 0.2) is 21.8 Å². The normalized spacial score (nSPS) is 15.5. The number of ether oxygens (including phenoxy) is 2. The van der Waals surface area contributed by atoms with Crippen molar-refractivity contribution >= 4 is 57.8 Å². The highest BCUT2D eigenvalue weighted by atomic mass is 35.5. The van der Waals surface area contributed by atoms with E-state index < -0.39 is 0 Å². The lowest BCUT2D eigenvalue weighted by molar-refractivity contribution is -0.121. The van der Waals surface area contributed by atoms with E-state index >= 15 is 0 Å². The molecule has 0 atom stereocenters. The van der Waals surface area contributed by atoms with E-state index in [0.717, 1.165) is 11.1 Å². The molecule has 184 valence electrons. The van der Waals surface area contributed by atoms with Crippen molar-refractivity contribution < 1.29 is 14.3 Å². The molecule has 1 saturated heterocycles. The van der Waals surface area contributed by atoms with Crippen molar-refractivity contribution in [3.8, 4) is 11.5 Å². The molecule has 0 radical (unpaired) electrons. The lowest BCUT2D eigenvalue weighted by atomic mass is 10.1. The van der Waals surface area contributed by atoms with E-state index in [1.807, 2.05) is 55.5 Å². The number of pyridine rings is 1. The minimum absolute atomic E-state index is 0.167. The highest BCUT2D eigenvalue weighted by molar-refractivity contribution is 8.18. The van der Waals surface area contributed by atoms with E-state index in [9.17, 15) is 4.79 Å². The third-order valence-electron chi connectivity index (χ3n) is 5.03. The molecule has 2 heterocycles. The molecule has 0 unspecified atom stereocenters. The molecule has 0 saturated carbocycles. The van der Waals surface area contributed by atoms with Gasteiger partial charge in [0.05, 0.1) is 11.5 Å². The number of halogens is 2. The maximum absolute atomic E-state index is 13.1. The first-order chi connectivity index (χ1) is 17.5. The first kappa shape index (κ1) is 25.8. The Morgan fingerprint density at radius 1 is 1.11 bits per heavy atom.